The van der Waals surface area contributed by atoms with Gasteiger partial charge in [0.15, 0.2) is 11.5 Å². The molecule has 126 valence electrons. The standard InChI is InChI=1S/C19H21NO4/c1-22-19-10-14(6-7-18(19)23-9-8-21)12-20-13-16-11-15-4-2-3-5-17(15)24-16/h2-7,10-11,20-21H,8-9,12-13H2,1H3. The van der Waals surface area contributed by atoms with E-state index in [2.05, 4.69) is 11.4 Å². The first-order chi connectivity index (χ1) is 11.8. The molecule has 2 N–H and O–H groups in total. The summed E-state index contributed by atoms with van der Waals surface area (Å²) in [6.07, 6.45) is 0. The maximum atomic E-state index is 8.84. The highest BCUT2D eigenvalue weighted by Gasteiger charge is 2.07. The Labute approximate surface area is 140 Å². The molecule has 24 heavy (non-hydrogen) atoms. The molecule has 0 saturated heterocycles. The van der Waals surface area contributed by atoms with Gasteiger partial charge in [0.05, 0.1) is 20.3 Å². The van der Waals surface area contributed by atoms with E-state index in [1.54, 1.807) is 7.11 Å². The molecule has 0 atom stereocenters. The summed E-state index contributed by atoms with van der Waals surface area (Å²) < 4.78 is 16.5. The Balaban J connectivity index is 1.59. The van der Waals surface area contributed by atoms with Crippen molar-refractivity contribution in [2.24, 2.45) is 0 Å². The predicted octanol–water partition coefficient (Wildman–Crippen LogP) is 3.10. The first-order valence-corrected chi connectivity index (χ1v) is 7.89. The normalized spacial score (nSPS) is 10.9. The average Bonchev–Trinajstić information content (AvgIpc) is 3.03. The van der Waals surface area contributed by atoms with Gasteiger partial charge in [-0.15, -0.1) is 0 Å². The lowest BCUT2D eigenvalue weighted by atomic mass is 10.2. The van der Waals surface area contributed by atoms with E-state index in [9.17, 15) is 0 Å². The maximum Gasteiger partial charge on any atom is 0.161 e. The number of ether oxygens (including phenoxy) is 2. The van der Waals surface area contributed by atoms with Gasteiger partial charge in [-0.25, -0.2) is 0 Å². The molecule has 1 heterocycles. The Morgan fingerprint density at radius 3 is 2.71 bits per heavy atom. The van der Waals surface area contributed by atoms with Crippen molar-refractivity contribution >= 4 is 11.0 Å². The van der Waals surface area contributed by atoms with E-state index < -0.39 is 0 Å². The zero-order chi connectivity index (χ0) is 16.8. The van der Waals surface area contributed by atoms with Gasteiger partial charge in [0.2, 0.25) is 0 Å². The lowest BCUT2D eigenvalue weighted by Crippen LogP contribution is -2.12. The predicted molar refractivity (Wildman–Crippen MR) is 92.3 cm³/mol. The van der Waals surface area contributed by atoms with Crippen LogP contribution in [-0.2, 0) is 13.1 Å². The van der Waals surface area contributed by atoms with E-state index in [-0.39, 0.29) is 13.2 Å². The van der Waals surface area contributed by atoms with Gasteiger partial charge < -0.3 is 24.3 Å². The Morgan fingerprint density at radius 1 is 1.04 bits per heavy atom. The second kappa shape index (κ2) is 7.86. The van der Waals surface area contributed by atoms with E-state index in [1.807, 2.05) is 42.5 Å². The third-order valence-electron chi connectivity index (χ3n) is 3.68. The average molecular weight is 327 g/mol. The lowest BCUT2D eigenvalue weighted by Gasteiger charge is -2.11. The number of rotatable bonds is 8. The highest BCUT2D eigenvalue weighted by molar-refractivity contribution is 5.77. The molecule has 0 aliphatic heterocycles. The van der Waals surface area contributed by atoms with Crippen molar-refractivity contribution in [3.05, 3.63) is 59.9 Å². The highest BCUT2D eigenvalue weighted by Crippen LogP contribution is 2.28. The number of hydrogen-bond donors (Lipinski definition) is 2. The molecule has 0 aliphatic rings. The molecular weight excluding hydrogens is 306 g/mol. The van der Waals surface area contributed by atoms with E-state index >= 15 is 0 Å². The number of methoxy groups -OCH3 is 1. The number of hydrogen-bond acceptors (Lipinski definition) is 5. The molecule has 0 saturated carbocycles. The third-order valence-corrected chi connectivity index (χ3v) is 3.68. The van der Waals surface area contributed by atoms with E-state index in [0.29, 0.717) is 24.6 Å². The Morgan fingerprint density at radius 2 is 1.92 bits per heavy atom. The smallest absolute Gasteiger partial charge is 0.161 e. The molecule has 2 aromatic carbocycles. The Hall–Kier alpha value is -2.50. The summed E-state index contributed by atoms with van der Waals surface area (Å²) in [7, 11) is 1.60. The molecule has 0 radical (unpaired) electrons. The molecule has 0 amide bonds. The van der Waals surface area contributed by atoms with Crippen molar-refractivity contribution in [2.45, 2.75) is 13.1 Å². The summed E-state index contributed by atoms with van der Waals surface area (Å²) in [6, 6.07) is 15.8. The van der Waals surface area contributed by atoms with Gasteiger partial charge in [-0.3, -0.25) is 0 Å². The van der Waals surface area contributed by atoms with Crippen LogP contribution in [0.5, 0.6) is 11.5 Å². The van der Waals surface area contributed by atoms with Gasteiger partial charge in [0, 0.05) is 11.9 Å². The van der Waals surface area contributed by atoms with Gasteiger partial charge in [0.25, 0.3) is 0 Å². The fraction of sp³-hybridized carbons (Fsp3) is 0.263. The SMILES string of the molecule is COc1cc(CNCc2cc3ccccc3o2)ccc1OCCO. The minimum atomic E-state index is -0.0238. The minimum Gasteiger partial charge on any atom is -0.493 e. The van der Waals surface area contributed by atoms with Gasteiger partial charge in [0.1, 0.15) is 18.0 Å². The van der Waals surface area contributed by atoms with Crippen LogP contribution in [-0.4, -0.2) is 25.4 Å². The molecule has 3 aromatic rings. The minimum absolute atomic E-state index is 0.0238. The van der Waals surface area contributed by atoms with Gasteiger partial charge in [-0.1, -0.05) is 24.3 Å². The summed E-state index contributed by atoms with van der Waals surface area (Å²) in [5.41, 5.74) is 1.99. The van der Waals surface area contributed by atoms with Gasteiger partial charge in [-0.2, -0.15) is 0 Å². The Bertz CT molecular complexity index is 764. The third kappa shape index (κ3) is 3.88. The molecule has 5 nitrogen and oxygen atoms in total. The molecule has 5 heteroatoms. The topological polar surface area (TPSA) is 63.9 Å². The summed E-state index contributed by atoms with van der Waals surface area (Å²) in [5, 5.41) is 13.3. The van der Waals surface area contributed by atoms with E-state index in [4.69, 9.17) is 19.0 Å². The molecule has 3 rings (SSSR count). The maximum absolute atomic E-state index is 8.84. The van der Waals surface area contributed by atoms with Crippen LogP contribution in [0.15, 0.2) is 52.9 Å². The quantitative estimate of drug-likeness (QED) is 0.665. The first-order valence-electron chi connectivity index (χ1n) is 7.89. The lowest BCUT2D eigenvalue weighted by molar-refractivity contribution is 0.196. The number of para-hydroxylation sites is 1. The van der Waals surface area contributed by atoms with Crippen LogP contribution in [0.4, 0.5) is 0 Å². The van der Waals surface area contributed by atoms with Crippen molar-refractivity contribution in [3.63, 3.8) is 0 Å². The molecule has 0 fully saturated rings. The molecule has 0 aliphatic carbocycles. The molecular formula is C19H21NO4. The van der Waals surface area contributed by atoms with Crippen LogP contribution in [0.25, 0.3) is 11.0 Å². The second-order valence-corrected chi connectivity index (χ2v) is 5.41. The van der Waals surface area contributed by atoms with Crippen LogP contribution < -0.4 is 14.8 Å². The monoisotopic (exact) mass is 327 g/mol. The second-order valence-electron chi connectivity index (χ2n) is 5.41. The van der Waals surface area contributed by atoms with Crippen LogP contribution >= 0.6 is 0 Å². The number of aliphatic hydroxyl groups is 1. The molecule has 1 aromatic heterocycles. The van der Waals surface area contributed by atoms with Crippen LogP contribution in [0.2, 0.25) is 0 Å². The number of nitrogens with one attached hydrogen (secondary N) is 1. The molecule has 0 unspecified atom stereocenters. The highest BCUT2D eigenvalue weighted by atomic mass is 16.5. The van der Waals surface area contributed by atoms with E-state index in [1.165, 1.54) is 0 Å². The van der Waals surface area contributed by atoms with Crippen LogP contribution in [0.1, 0.15) is 11.3 Å². The van der Waals surface area contributed by atoms with Crippen molar-refractivity contribution < 1.29 is 19.0 Å². The van der Waals surface area contributed by atoms with E-state index in [0.717, 1.165) is 22.3 Å². The van der Waals surface area contributed by atoms with Gasteiger partial charge in [-0.05, 0) is 29.8 Å². The van der Waals surface area contributed by atoms with Gasteiger partial charge >= 0.3 is 0 Å². The summed E-state index contributed by atoms with van der Waals surface area (Å²) in [4.78, 5) is 0. The Kier molecular flexibility index (Phi) is 5.36. The number of aliphatic hydroxyl groups excluding tert-OH is 1. The summed E-state index contributed by atoms with van der Waals surface area (Å²) >= 11 is 0. The summed E-state index contributed by atoms with van der Waals surface area (Å²) in [6.45, 7) is 1.57. The molecule has 0 bridgehead atoms. The number of benzene rings is 2. The number of fused-ring (bicyclic) bond motifs is 1. The fourth-order valence-corrected chi connectivity index (χ4v) is 2.55. The first kappa shape index (κ1) is 16.4. The number of furan rings is 1. The van der Waals surface area contributed by atoms with Crippen LogP contribution in [0.3, 0.4) is 0 Å². The van der Waals surface area contributed by atoms with Crippen molar-refractivity contribution in [2.75, 3.05) is 20.3 Å². The zero-order valence-corrected chi connectivity index (χ0v) is 13.6. The van der Waals surface area contributed by atoms with Crippen molar-refractivity contribution in [1.82, 2.24) is 5.32 Å². The fourth-order valence-electron chi connectivity index (χ4n) is 2.55. The summed E-state index contributed by atoms with van der Waals surface area (Å²) in [5.74, 6) is 2.20. The molecule has 0 spiro atoms. The zero-order valence-electron chi connectivity index (χ0n) is 13.6. The largest absolute Gasteiger partial charge is 0.493 e. The van der Waals surface area contributed by atoms with Crippen molar-refractivity contribution in [1.29, 1.82) is 0 Å². The van der Waals surface area contributed by atoms with Crippen molar-refractivity contribution in [3.8, 4) is 11.5 Å². The van der Waals surface area contributed by atoms with Crippen LogP contribution in [0, 0.1) is 0 Å².